The molecule has 0 bridgehead atoms. The minimum atomic E-state index is -0.363. The second-order valence-corrected chi connectivity index (χ2v) is 8.81. The standard InChI is InChI=1S/C27H28F2/c1-3-19-5-7-23-16-24(13-12-22(23)15-19)25-11-10-21(27(29)17-25)9-8-20-6-4-18(2)14-26(20)28/h3-4,6,10-11,14,17,19,22-24H,1,5,7,12-13,15-16H2,2H3. The maximum atomic E-state index is 14.7. The SMILES string of the molecule is C=CC1CCC2CC(c3ccc(C#Cc4ccc(C)cc4F)c(F)c3)CCC2C1. The molecule has 0 spiro atoms. The lowest BCUT2D eigenvalue weighted by molar-refractivity contribution is 0.133. The van der Waals surface area contributed by atoms with E-state index in [1.54, 1.807) is 18.2 Å². The lowest BCUT2D eigenvalue weighted by Crippen LogP contribution is -2.30. The Bertz CT molecular complexity index is 962. The number of aryl methyl sites for hydroxylation is 1. The van der Waals surface area contributed by atoms with Crippen molar-refractivity contribution in [2.45, 2.75) is 51.4 Å². The minimum Gasteiger partial charge on any atom is -0.206 e. The number of benzene rings is 2. The highest BCUT2D eigenvalue weighted by Crippen LogP contribution is 2.47. The summed E-state index contributed by atoms with van der Waals surface area (Å²) in [6, 6.07) is 10.3. The predicted octanol–water partition coefficient (Wildman–Crippen LogP) is 7.16. The van der Waals surface area contributed by atoms with E-state index in [1.807, 2.05) is 19.1 Å². The maximum Gasteiger partial charge on any atom is 0.139 e. The summed E-state index contributed by atoms with van der Waals surface area (Å²) in [6.45, 7) is 5.80. The fraction of sp³-hybridized carbons (Fsp3) is 0.407. The molecule has 2 heteroatoms. The van der Waals surface area contributed by atoms with Gasteiger partial charge in [0.15, 0.2) is 0 Å². The number of fused-ring (bicyclic) bond motifs is 1. The van der Waals surface area contributed by atoms with Crippen molar-refractivity contribution in [2.24, 2.45) is 17.8 Å². The van der Waals surface area contributed by atoms with Crippen LogP contribution in [0.2, 0.25) is 0 Å². The molecule has 0 aromatic heterocycles. The van der Waals surface area contributed by atoms with Crippen molar-refractivity contribution in [3.05, 3.63) is 82.9 Å². The molecule has 0 radical (unpaired) electrons. The molecule has 0 N–H and O–H groups in total. The van der Waals surface area contributed by atoms with Crippen molar-refractivity contribution in [3.63, 3.8) is 0 Å². The fourth-order valence-corrected chi connectivity index (χ4v) is 5.19. The summed E-state index contributed by atoms with van der Waals surface area (Å²) in [6.07, 6.45) is 9.44. The summed E-state index contributed by atoms with van der Waals surface area (Å²) in [7, 11) is 0. The van der Waals surface area contributed by atoms with E-state index in [9.17, 15) is 8.78 Å². The van der Waals surface area contributed by atoms with E-state index in [1.165, 1.54) is 31.7 Å². The first-order chi connectivity index (χ1) is 14.0. The van der Waals surface area contributed by atoms with Gasteiger partial charge in [-0.2, -0.15) is 0 Å². The Morgan fingerprint density at radius 2 is 1.52 bits per heavy atom. The largest absolute Gasteiger partial charge is 0.206 e. The topological polar surface area (TPSA) is 0 Å². The Morgan fingerprint density at radius 1 is 0.862 bits per heavy atom. The Labute approximate surface area is 173 Å². The number of rotatable bonds is 2. The molecule has 0 nitrogen and oxygen atoms in total. The summed E-state index contributed by atoms with van der Waals surface area (Å²) in [4.78, 5) is 0. The van der Waals surface area contributed by atoms with Gasteiger partial charge in [-0.15, -0.1) is 6.58 Å². The molecule has 2 aromatic carbocycles. The molecule has 2 aliphatic carbocycles. The molecular formula is C27H28F2. The van der Waals surface area contributed by atoms with Crippen molar-refractivity contribution >= 4 is 0 Å². The molecule has 29 heavy (non-hydrogen) atoms. The van der Waals surface area contributed by atoms with Gasteiger partial charge in [0.2, 0.25) is 0 Å². The average Bonchev–Trinajstić information content (AvgIpc) is 2.73. The van der Waals surface area contributed by atoms with E-state index in [-0.39, 0.29) is 11.6 Å². The minimum absolute atomic E-state index is 0.299. The smallest absolute Gasteiger partial charge is 0.139 e. The highest BCUT2D eigenvalue weighted by atomic mass is 19.1. The molecule has 2 fully saturated rings. The Balaban J connectivity index is 1.47. The van der Waals surface area contributed by atoms with Crippen LogP contribution in [-0.2, 0) is 0 Å². The molecule has 2 saturated carbocycles. The predicted molar refractivity (Wildman–Crippen MR) is 115 cm³/mol. The molecule has 150 valence electrons. The highest BCUT2D eigenvalue weighted by molar-refractivity contribution is 5.45. The monoisotopic (exact) mass is 390 g/mol. The molecule has 0 amide bonds. The van der Waals surface area contributed by atoms with Gasteiger partial charge >= 0.3 is 0 Å². The maximum absolute atomic E-state index is 14.7. The van der Waals surface area contributed by atoms with Crippen molar-refractivity contribution in [1.29, 1.82) is 0 Å². The van der Waals surface area contributed by atoms with Crippen molar-refractivity contribution in [3.8, 4) is 11.8 Å². The van der Waals surface area contributed by atoms with Crippen LogP contribution in [0.1, 0.15) is 66.7 Å². The fourth-order valence-electron chi connectivity index (χ4n) is 5.19. The Hall–Kier alpha value is -2.40. The van der Waals surface area contributed by atoms with E-state index in [2.05, 4.69) is 24.5 Å². The highest BCUT2D eigenvalue weighted by Gasteiger charge is 2.35. The lowest BCUT2D eigenvalue weighted by Gasteiger charge is -2.41. The zero-order valence-corrected chi connectivity index (χ0v) is 17.1. The zero-order chi connectivity index (χ0) is 20.4. The van der Waals surface area contributed by atoms with E-state index >= 15 is 0 Å². The summed E-state index contributed by atoms with van der Waals surface area (Å²) in [5.41, 5.74) is 2.55. The van der Waals surface area contributed by atoms with Crippen LogP contribution < -0.4 is 0 Å². The van der Waals surface area contributed by atoms with Crippen LogP contribution in [0, 0.1) is 48.2 Å². The third-order valence-corrected chi connectivity index (χ3v) is 6.91. The van der Waals surface area contributed by atoms with Gasteiger partial charge in [-0.3, -0.25) is 0 Å². The third-order valence-electron chi connectivity index (χ3n) is 6.91. The van der Waals surface area contributed by atoms with Gasteiger partial charge in [-0.05, 0) is 105 Å². The van der Waals surface area contributed by atoms with Crippen molar-refractivity contribution in [2.75, 3.05) is 0 Å². The molecule has 4 rings (SSSR count). The molecule has 2 aromatic rings. The van der Waals surface area contributed by atoms with Gasteiger partial charge in [0, 0.05) is 0 Å². The van der Waals surface area contributed by atoms with Gasteiger partial charge in [-0.1, -0.05) is 30.0 Å². The molecule has 0 heterocycles. The van der Waals surface area contributed by atoms with E-state index in [0.29, 0.717) is 23.0 Å². The molecule has 0 aliphatic heterocycles. The van der Waals surface area contributed by atoms with Crippen LogP contribution in [-0.4, -0.2) is 0 Å². The van der Waals surface area contributed by atoms with Gasteiger partial charge < -0.3 is 0 Å². The quantitative estimate of drug-likeness (QED) is 0.377. The number of allylic oxidation sites excluding steroid dienone is 1. The van der Waals surface area contributed by atoms with E-state index < -0.39 is 0 Å². The van der Waals surface area contributed by atoms with Gasteiger partial charge in [-0.25, -0.2) is 8.78 Å². The van der Waals surface area contributed by atoms with Crippen LogP contribution in [0.15, 0.2) is 49.1 Å². The molecule has 4 unspecified atom stereocenters. The summed E-state index contributed by atoms with van der Waals surface area (Å²) >= 11 is 0. The second kappa shape index (κ2) is 8.54. The van der Waals surface area contributed by atoms with Crippen LogP contribution in [0.3, 0.4) is 0 Å². The van der Waals surface area contributed by atoms with Crippen LogP contribution >= 0.6 is 0 Å². The summed E-state index contributed by atoms with van der Waals surface area (Å²) in [5.74, 6) is 7.59. The first-order valence-electron chi connectivity index (χ1n) is 10.7. The van der Waals surface area contributed by atoms with E-state index in [4.69, 9.17) is 0 Å². The van der Waals surface area contributed by atoms with Crippen LogP contribution in [0.5, 0.6) is 0 Å². The zero-order valence-electron chi connectivity index (χ0n) is 17.1. The first kappa shape index (κ1) is 19.9. The van der Waals surface area contributed by atoms with Crippen LogP contribution in [0.4, 0.5) is 8.78 Å². The van der Waals surface area contributed by atoms with E-state index in [0.717, 1.165) is 35.8 Å². The summed E-state index contributed by atoms with van der Waals surface area (Å²) in [5, 5.41) is 0. The van der Waals surface area contributed by atoms with Crippen LogP contribution in [0.25, 0.3) is 0 Å². The first-order valence-corrected chi connectivity index (χ1v) is 10.7. The molecule has 4 atom stereocenters. The second-order valence-electron chi connectivity index (χ2n) is 8.81. The third kappa shape index (κ3) is 4.45. The molecule has 0 saturated heterocycles. The lowest BCUT2D eigenvalue weighted by atomic mass is 9.64. The number of hydrogen-bond acceptors (Lipinski definition) is 0. The average molecular weight is 391 g/mol. The number of halogens is 2. The normalized spacial score (nSPS) is 26.2. The van der Waals surface area contributed by atoms with Crippen molar-refractivity contribution < 1.29 is 8.78 Å². The number of hydrogen-bond donors (Lipinski definition) is 0. The Kier molecular flexibility index (Phi) is 5.86. The summed E-state index contributed by atoms with van der Waals surface area (Å²) < 4.78 is 28.6. The van der Waals surface area contributed by atoms with Gasteiger partial charge in [0.25, 0.3) is 0 Å². The van der Waals surface area contributed by atoms with Crippen molar-refractivity contribution in [1.82, 2.24) is 0 Å². The Morgan fingerprint density at radius 3 is 2.21 bits per heavy atom. The molecular weight excluding hydrogens is 362 g/mol. The molecule has 2 aliphatic rings. The van der Waals surface area contributed by atoms with Gasteiger partial charge in [0.1, 0.15) is 11.6 Å². The van der Waals surface area contributed by atoms with Gasteiger partial charge in [0.05, 0.1) is 11.1 Å².